The molecule has 1 fully saturated rings. The largest absolute Gasteiger partial charge is 0.493 e. The van der Waals surface area contributed by atoms with Crippen LogP contribution in [0.4, 0.5) is 0 Å². The van der Waals surface area contributed by atoms with Crippen molar-refractivity contribution in [1.82, 2.24) is 10.0 Å². The lowest BCUT2D eigenvalue weighted by Gasteiger charge is -2.15. The van der Waals surface area contributed by atoms with Crippen LogP contribution in [0.5, 0.6) is 11.5 Å². The van der Waals surface area contributed by atoms with Crippen LogP contribution in [0, 0.1) is 13.8 Å². The summed E-state index contributed by atoms with van der Waals surface area (Å²) in [4.78, 5) is 12.4. The molecule has 3 rings (SSSR count). The number of amides is 1. The molecule has 0 radical (unpaired) electrons. The fourth-order valence-corrected chi connectivity index (χ4v) is 4.57. The van der Waals surface area contributed by atoms with Gasteiger partial charge in [0.25, 0.3) is 0 Å². The number of sulfonamides is 1. The van der Waals surface area contributed by atoms with Crippen LogP contribution in [0.3, 0.4) is 0 Å². The quantitative estimate of drug-likeness (QED) is 0.517. The van der Waals surface area contributed by atoms with Crippen molar-refractivity contribution < 1.29 is 27.4 Å². The smallest absolute Gasteiger partial charge is 0.240 e. The highest BCUT2D eigenvalue weighted by Crippen LogP contribution is 2.29. The zero-order valence-corrected chi connectivity index (χ0v) is 20.2. The van der Waals surface area contributed by atoms with E-state index in [4.69, 9.17) is 14.2 Å². The van der Waals surface area contributed by atoms with Gasteiger partial charge in [-0.05, 0) is 67.6 Å². The minimum Gasteiger partial charge on any atom is -0.493 e. The predicted molar refractivity (Wildman–Crippen MR) is 125 cm³/mol. The fourth-order valence-electron chi connectivity index (χ4n) is 3.45. The topological polar surface area (TPSA) is 103 Å². The fraction of sp³-hybridized carbons (Fsp3) is 0.458. The number of aryl methyl sites for hydroxylation is 2. The number of carbonyl (C=O) groups excluding carboxylic acids is 1. The average molecular weight is 477 g/mol. The summed E-state index contributed by atoms with van der Waals surface area (Å²) >= 11 is 0. The molecular formula is C24H32N2O6S. The standard InChI is InChI=1S/C24H32N2O6S/c1-17-6-8-21(13-18(17)2)33(28,29)26-11-10-24(27)25-15-19-7-9-22(23(14-19)30-3)32-16-20-5-4-12-31-20/h6-9,13-14,20,26H,4-5,10-12,15-16H2,1-3H3,(H,25,27). The van der Waals surface area contributed by atoms with Gasteiger partial charge in [0.05, 0.1) is 18.1 Å². The highest BCUT2D eigenvalue weighted by Gasteiger charge is 2.18. The molecular weight excluding hydrogens is 444 g/mol. The first-order chi connectivity index (χ1) is 15.8. The summed E-state index contributed by atoms with van der Waals surface area (Å²) in [5.41, 5.74) is 2.77. The highest BCUT2D eigenvalue weighted by molar-refractivity contribution is 7.89. The van der Waals surface area contributed by atoms with E-state index in [0.717, 1.165) is 36.1 Å². The third kappa shape index (κ3) is 7.18. The van der Waals surface area contributed by atoms with Gasteiger partial charge in [0.2, 0.25) is 15.9 Å². The Bertz CT molecular complexity index is 1060. The summed E-state index contributed by atoms with van der Waals surface area (Å²) in [5, 5.41) is 2.80. The number of nitrogens with one attached hydrogen (secondary N) is 2. The summed E-state index contributed by atoms with van der Waals surface area (Å²) in [6.45, 7) is 5.34. The molecule has 33 heavy (non-hydrogen) atoms. The van der Waals surface area contributed by atoms with Gasteiger partial charge in [-0.3, -0.25) is 4.79 Å². The predicted octanol–water partition coefficient (Wildman–Crippen LogP) is 2.85. The van der Waals surface area contributed by atoms with E-state index in [2.05, 4.69) is 10.0 Å². The number of hydrogen-bond donors (Lipinski definition) is 2. The SMILES string of the molecule is COc1cc(CNC(=O)CCNS(=O)(=O)c2ccc(C)c(C)c2)ccc1OCC1CCCO1. The van der Waals surface area contributed by atoms with Gasteiger partial charge in [-0.15, -0.1) is 0 Å². The second-order valence-corrected chi connectivity index (χ2v) is 9.87. The van der Waals surface area contributed by atoms with Gasteiger partial charge in [-0.25, -0.2) is 13.1 Å². The third-order valence-electron chi connectivity index (χ3n) is 5.60. The van der Waals surface area contributed by atoms with Crippen LogP contribution in [-0.2, 0) is 26.1 Å². The van der Waals surface area contributed by atoms with Gasteiger partial charge >= 0.3 is 0 Å². The second kappa shape index (κ2) is 11.5. The number of carbonyl (C=O) groups is 1. The molecule has 9 heteroatoms. The molecule has 0 bridgehead atoms. The van der Waals surface area contributed by atoms with Crippen LogP contribution >= 0.6 is 0 Å². The molecule has 0 spiro atoms. The van der Waals surface area contributed by atoms with E-state index < -0.39 is 10.0 Å². The zero-order valence-electron chi connectivity index (χ0n) is 19.3. The summed E-state index contributed by atoms with van der Waals surface area (Å²) in [7, 11) is -2.09. The van der Waals surface area contributed by atoms with Gasteiger partial charge in [0.15, 0.2) is 11.5 Å². The van der Waals surface area contributed by atoms with E-state index in [9.17, 15) is 13.2 Å². The molecule has 1 aliphatic rings. The van der Waals surface area contributed by atoms with Crippen molar-refractivity contribution in [2.75, 3.05) is 26.9 Å². The van der Waals surface area contributed by atoms with Crippen molar-refractivity contribution in [1.29, 1.82) is 0 Å². The van der Waals surface area contributed by atoms with Crippen LogP contribution in [0.15, 0.2) is 41.3 Å². The monoisotopic (exact) mass is 476 g/mol. The van der Waals surface area contributed by atoms with Crippen molar-refractivity contribution in [3.63, 3.8) is 0 Å². The molecule has 1 amide bonds. The Labute approximate surface area is 195 Å². The number of ether oxygens (including phenoxy) is 3. The normalized spacial score (nSPS) is 15.9. The summed E-state index contributed by atoms with van der Waals surface area (Å²) in [6.07, 6.45) is 2.19. The van der Waals surface area contributed by atoms with Crippen LogP contribution in [0.2, 0.25) is 0 Å². The molecule has 2 aromatic carbocycles. The molecule has 1 atom stereocenters. The molecule has 0 saturated carbocycles. The first-order valence-corrected chi connectivity index (χ1v) is 12.5. The Morgan fingerprint density at radius 2 is 1.94 bits per heavy atom. The van der Waals surface area contributed by atoms with Crippen LogP contribution in [-0.4, -0.2) is 47.3 Å². The molecule has 2 N–H and O–H groups in total. The second-order valence-electron chi connectivity index (χ2n) is 8.10. The molecule has 1 aliphatic heterocycles. The Morgan fingerprint density at radius 3 is 2.64 bits per heavy atom. The van der Waals surface area contributed by atoms with E-state index in [-0.39, 0.29) is 29.9 Å². The Kier molecular flexibility index (Phi) is 8.71. The molecule has 1 saturated heterocycles. The van der Waals surface area contributed by atoms with Gasteiger partial charge < -0.3 is 19.5 Å². The number of methoxy groups -OCH3 is 1. The van der Waals surface area contributed by atoms with Crippen LogP contribution < -0.4 is 19.5 Å². The minimum absolute atomic E-state index is 0.0143. The van der Waals surface area contributed by atoms with E-state index in [1.54, 1.807) is 25.3 Å². The number of rotatable bonds is 11. The van der Waals surface area contributed by atoms with Crippen molar-refractivity contribution in [2.24, 2.45) is 0 Å². The Morgan fingerprint density at radius 1 is 1.12 bits per heavy atom. The summed E-state index contributed by atoms with van der Waals surface area (Å²) in [6, 6.07) is 10.4. The van der Waals surface area contributed by atoms with Crippen molar-refractivity contribution in [2.45, 2.75) is 50.7 Å². The molecule has 180 valence electrons. The summed E-state index contributed by atoms with van der Waals surface area (Å²) < 4.78 is 44.1. The third-order valence-corrected chi connectivity index (χ3v) is 7.06. The Hall–Kier alpha value is -2.62. The Balaban J connectivity index is 1.45. The first kappa shape index (κ1) is 25.0. The van der Waals surface area contributed by atoms with E-state index >= 15 is 0 Å². The molecule has 2 aromatic rings. The van der Waals surface area contributed by atoms with E-state index in [1.165, 1.54) is 0 Å². The lowest BCUT2D eigenvalue weighted by atomic mass is 10.1. The number of benzene rings is 2. The first-order valence-electron chi connectivity index (χ1n) is 11.0. The van der Waals surface area contributed by atoms with E-state index in [0.29, 0.717) is 24.7 Å². The number of hydrogen-bond acceptors (Lipinski definition) is 6. The highest BCUT2D eigenvalue weighted by atomic mass is 32.2. The summed E-state index contributed by atoms with van der Waals surface area (Å²) in [5.74, 6) is 0.959. The van der Waals surface area contributed by atoms with Crippen LogP contribution in [0.25, 0.3) is 0 Å². The van der Waals surface area contributed by atoms with E-state index in [1.807, 2.05) is 32.0 Å². The van der Waals surface area contributed by atoms with Gasteiger partial charge in [-0.2, -0.15) is 0 Å². The van der Waals surface area contributed by atoms with Crippen molar-refractivity contribution >= 4 is 15.9 Å². The molecule has 1 heterocycles. The maximum Gasteiger partial charge on any atom is 0.240 e. The average Bonchev–Trinajstić information content (AvgIpc) is 3.31. The van der Waals surface area contributed by atoms with Gasteiger partial charge in [0, 0.05) is 26.1 Å². The zero-order chi connectivity index (χ0) is 23.8. The van der Waals surface area contributed by atoms with Crippen LogP contribution in [0.1, 0.15) is 36.0 Å². The molecule has 1 unspecified atom stereocenters. The maximum atomic E-state index is 12.4. The molecule has 0 aromatic heterocycles. The lowest BCUT2D eigenvalue weighted by Crippen LogP contribution is -2.30. The maximum absolute atomic E-state index is 12.4. The van der Waals surface area contributed by atoms with Gasteiger partial charge in [0.1, 0.15) is 6.61 Å². The molecule has 8 nitrogen and oxygen atoms in total. The minimum atomic E-state index is -3.66. The van der Waals surface area contributed by atoms with Gasteiger partial charge in [-0.1, -0.05) is 12.1 Å². The molecule has 0 aliphatic carbocycles. The van der Waals surface area contributed by atoms with Crippen molar-refractivity contribution in [3.8, 4) is 11.5 Å². The van der Waals surface area contributed by atoms with Crippen molar-refractivity contribution in [3.05, 3.63) is 53.1 Å². The lowest BCUT2D eigenvalue weighted by molar-refractivity contribution is -0.121.